The second-order valence-electron chi connectivity index (χ2n) is 7.30. The van der Waals surface area contributed by atoms with Crippen molar-refractivity contribution in [2.75, 3.05) is 60.1 Å². The molecule has 2 N–H and O–H groups in total. The predicted molar refractivity (Wildman–Crippen MR) is 110 cm³/mol. The minimum atomic E-state index is -0.320. The number of nitrogens with one attached hydrogen (secondary N) is 2. The summed E-state index contributed by atoms with van der Waals surface area (Å²) in [5.41, 5.74) is 0.473. The van der Waals surface area contributed by atoms with E-state index in [1.807, 2.05) is 31.1 Å². The Morgan fingerprint density at radius 1 is 0.966 bits per heavy atom. The molecule has 0 amide bonds. The van der Waals surface area contributed by atoms with Crippen LogP contribution in [0.5, 0.6) is 17.5 Å². The van der Waals surface area contributed by atoms with E-state index in [0.29, 0.717) is 37.3 Å². The maximum absolute atomic E-state index is 5.90. The van der Waals surface area contributed by atoms with Gasteiger partial charge in [0.1, 0.15) is 25.5 Å². The smallest absolute Gasteiger partial charge is 0.257 e. The van der Waals surface area contributed by atoms with Crippen molar-refractivity contribution in [3.8, 4) is 17.5 Å². The minimum absolute atomic E-state index is 0.320. The van der Waals surface area contributed by atoms with Gasteiger partial charge in [0, 0.05) is 44.8 Å². The summed E-state index contributed by atoms with van der Waals surface area (Å²) < 4.78 is 17.4. The van der Waals surface area contributed by atoms with Gasteiger partial charge in [0.05, 0.1) is 5.54 Å². The maximum Gasteiger partial charge on any atom is 0.257 e. The minimum Gasteiger partial charge on any atom is -0.484 e. The largest absolute Gasteiger partial charge is 0.484 e. The van der Waals surface area contributed by atoms with Crippen LogP contribution < -0.4 is 24.8 Å². The summed E-state index contributed by atoms with van der Waals surface area (Å²) >= 11 is 0. The number of hydrogen-bond donors (Lipinski definition) is 2. The number of pyridine rings is 1. The highest BCUT2D eigenvalue weighted by Gasteiger charge is 2.33. The molecule has 0 bridgehead atoms. The van der Waals surface area contributed by atoms with Gasteiger partial charge in [-0.25, -0.2) is 9.97 Å². The fourth-order valence-electron chi connectivity index (χ4n) is 3.01. The first kappa shape index (κ1) is 21.2. The standard InChI is InChI=1S/C20H30N6O3/c1-20(15-21-7-10-25-20)17-19(24-9-8-22-17)29-14-13-27-16-5-4-6-23-18(16)28-12-11-26(2)3/h4-6,8-9,21,25H,7,10-15H2,1-3H3/t20-/m1/s1. The van der Waals surface area contributed by atoms with E-state index in [0.717, 1.165) is 31.9 Å². The van der Waals surface area contributed by atoms with Gasteiger partial charge < -0.3 is 29.7 Å². The van der Waals surface area contributed by atoms with Crippen molar-refractivity contribution in [2.24, 2.45) is 0 Å². The molecule has 1 aliphatic rings. The first-order chi connectivity index (χ1) is 14.1. The van der Waals surface area contributed by atoms with Crippen LogP contribution in [0.3, 0.4) is 0 Å². The quantitative estimate of drug-likeness (QED) is 0.556. The summed E-state index contributed by atoms with van der Waals surface area (Å²) in [7, 11) is 3.99. The number of hydrogen-bond acceptors (Lipinski definition) is 9. The number of rotatable bonds is 10. The molecule has 1 fully saturated rings. The summed E-state index contributed by atoms with van der Waals surface area (Å²) in [6.45, 7) is 6.68. The zero-order valence-corrected chi connectivity index (χ0v) is 17.4. The van der Waals surface area contributed by atoms with Crippen LogP contribution in [-0.2, 0) is 5.54 Å². The zero-order chi connectivity index (χ0) is 20.5. The Kier molecular flexibility index (Phi) is 7.56. The summed E-state index contributed by atoms with van der Waals surface area (Å²) in [6, 6.07) is 3.66. The summed E-state index contributed by atoms with van der Waals surface area (Å²) in [5.74, 6) is 1.60. The predicted octanol–water partition coefficient (Wildman–Crippen LogP) is 0.678. The molecule has 0 radical (unpaired) electrons. The van der Waals surface area contributed by atoms with Gasteiger partial charge in [-0.15, -0.1) is 0 Å². The molecule has 0 aromatic carbocycles. The van der Waals surface area contributed by atoms with Crippen LogP contribution in [0.15, 0.2) is 30.7 Å². The zero-order valence-electron chi connectivity index (χ0n) is 17.4. The van der Waals surface area contributed by atoms with E-state index in [9.17, 15) is 0 Å². The molecule has 2 aromatic rings. The van der Waals surface area contributed by atoms with Crippen molar-refractivity contribution in [2.45, 2.75) is 12.5 Å². The molecule has 3 heterocycles. The Morgan fingerprint density at radius 2 is 1.72 bits per heavy atom. The number of nitrogens with zero attached hydrogens (tertiary/aromatic N) is 4. The molecular weight excluding hydrogens is 372 g/mol. The van der Waals surface area contributed by atoms with Crippen LogP contribution >= 0.6 is 0 Å². The third-order valence-electron chi connectivity index (χ3n) is 4.58. The molecule has 9 heteroatoms. The normalized spacial score (nSPS) is 19.2. The van der Waals surface area contributed by atoms with Gasteiger partial charge in [0.15, 0.2) is 5.75 Å². The van der Waals surface area contributed by atoms with Gasteiger partial charge in [-0.2, -0.15) is 0 Å². The van der Waals surface area contributed by atoms with Gasteiger partial charge in [-0.3, -0.25) is 4.98 Å². The average Bonchev–Trinajstić information content (AvgIpc) is 2.73. The fraction of sp³-hybridized carbons (Fsp3) is 0.550. The number of ether oxygens (including phenoxy) is 3. The molecule has 1 aliphatic heterocycles. The first-order valence-electron chi connectivity index (χ1n) is 9.84. The molecule has 1 saturated heterocycles. The molecule has 3 rings (SSSR count). The Bertz CT molecular complexity index is 767. The highest BCUT2D eigenvalue weighted by Crippen LogP contribution is 2.27. The number of likely N-dealkylation sites (N-methyl/N-ethyl adjacent to an activating group) is 1. The summed E-state index contributed by atoms with van der Waals surface area (Å²) in [5, 5.41) is 6.88. The van der Waals surface area contributed by atoms with Crippen molar-refractivity contribution in [3.63, 3.8) is 0 Å². The van der Waals surface area contributed by atoms with Crippen LogP contribution in [-0.4, -0.2) is 79.9 Å². The van der Waals surface area contributed by atoms with E-state index >= 15 is 0 Å². The molecule has 2 aromatic heterocycles. The van der Waals surface area contributed by atoms with E-state index < -0.39 is 0 Å². The van der Waals surface area contributed by atoms with Crippen molar-refractivity contribution in [3.05, 3.63) is 36.4 Å². The van der Waals surface area contributed by atoms with Crippen molar-refractivity contribution >= 4 is 0 Å². The van der Waals surface area contributed by atoms with Crippen molar-refractivity contribution in [1.29, 1.82) is 0 Å². The Hall–Kier alpha value is -2.49. The van der Waals surface area contributed by atoms with Gasteiger partial charge in [-0.1, -0.05) is 0 Å². The second kappa shape index (κ2) is 10.3. The van der Waals surface area contributed by atoms with E-state index in [4.69, 9.17) is 14.2 Å². The molecule has 29 heavy (non-hydrogen) atoms. The Morgan fingerprint density at radius 3 is 2.52 bits per heavy atom. The van der Waals surface area contributed by atoms with Gasteiger partial charge in [0.2, 0.25) is 5.88 Å². The van der Waals surface area contributed by atoms with Crippen LogP contribution in [0.4, 0.5) is 0 Å². The SMILES string of the molecule is CN(C)CCOc1ncccc1OCCOc1nccnc1[C@@]1(C)CNCCN1. The van der Waals surface area contributed by atoms with Gasteiger partial charge >= 0.3 is 0 Å². The molecule has 9 nitrogen and oxygen atoms in total. The topological polar surface area (TPSA) is 93.7 Å². The molecule has 0 saturated carbocycles. The molecule has 0 spiro atoms. The lowest BCUT2D eigenvalue weighted by atomic mass is 9.95. The Balaban J connectivity index is 1.54. The van der Waals surface area contributed by atoms with Crippen LogP contribution in [0.25, 0.3) is 0 Å². The lowest BCUT2D eigenvalue weighted by Crippen LogP contribution is -2.55. The maximum atomic E-state index is 5.90. The Labute approximate surface area is 171 Å². The van der Waals surface area contributed by atoms with Crippen LogP contribution in [0.1, 0.15) is 12.6 Å². The fourth-order valence-corrected chi connectivity index (χ4v) is 3.01. The third-order valence-corrected chi connectivity index (χ3v) is 4.58. The second-order valence-corrected chi connectivity index (χ2v) is 7.30. The lowest BCUT2D eigenvalue weighted by Gasteiger charge is -2.35. The van der Waals surface area contributed by atoms with Gasteiger partial charge in [0.25, 0.3) is 5.88 Å². The monoisotopic (exact) mass is 402 g/mol. The molecule has 158 valence electrons. The summed E-state index contributed by atoms with van der Waals surface area (Å²) in [6.07, 6.45) is 5.01. The first-order valence-corrected chi connectivity index (χ1v) is 9.84. The van der Waals surface area contributed by atoms with E-state index in [-0.39, 0.29) is 5.54 Å². The van der Waals surface area contributed by atoms with Gasteiger partial charge in [-0.05, 0) is 33.2 Å². The molecular formula is C20H30N6O3. The van der Waals surface area contributed by atoms with E-state index in [1.54, 1.807) is 18.6 Å². The summed E-state index contributed by atoms with van der Waals surface area (Å²) in [4.78, 5) is 15.2. The van der Waals surface area contributed by atoms with Crippen LogP contribution in [0.2, 0.25) is 0 Å². The highest BCUT2D eigenvalue weighted by molar-refractivity contribution is 5.32. The van der Waals surface area contributed by atoms with E-state index in [2.05, 4.69) is 32.5 Å². The van der Waals surface area contributed by atoms with Crippen LogP contribution in [0, 0.1) is 0 Å². The highest BCUT2D eigenvalue weighted by atomic mass is 16.5. The van der Waals surface area contributed by atoms with Crippen molar-refractivity contribution < 1.29 is 14.2 Å². The molecule has 1 atom stereocenters. The third kappa shape index (κ3) is 5.99. The van der Waals surface area contributed by atoms with Crippen molar-refractivity contribution in [1.82, 2.24) is 30.5 Å². The lowest BCUT2D eigenvalue weighted by molar-refractivity contribution is 0.189. The molecule has 0 aliphatic carbocycles. The average molecular weight is 402 g/mol. The molecule has 0 unspecified atom stereocenters. The van der Waals surface area contributed by atoms with E-state index in [1.165, 1.54) is 0 Å². The number of piperazine rings is 1. The number of aromatic nitrogens is 3.